The van der Waals surface area contributed by atoms with Crippen LogP contribution in [-0.4, -0.2) is 16.6 Å². The Labute approximate surface area is 123 Å². The van der Waals surface area contributed by atoms with Crippen LogP contribution < -0.4 is 5.56 Å². The molecule has 4 nitrogen and oxygen atoms in total. The summed E-state index contributed by atoms with van der Waals surface area (Å²) in [5.74, 6) is 0.779. The van der Waals surface area contributed by atoms with Crippen molar-refractivity contribution in [2.24, 2.45) is 0 Å². The molecule has 0 spiro atoms. The standard InChI is InChI=1S/C14H12N2O2S2/c1-3-18-8(2)12-15-13(17)11-9(7-20-14(11)16-12)10-5-4-6-19-10/h4-7H,2-3H2,1H3,(H,15,16,17). The van der Waals surface area contributed by atoms with E-state index >= 15 is 0 Å². The summed E-state index contributed by atoms with van der Waals surface area (Å²) in [6, 6.07) is 3.97. The number of nitrogens with one attached hydrogen (secondary N) is 1. The molecule has 0 amide bonds. The van der Waals surface area contributed by atoms with Gasteiger partial charge in [-0.3, -0.25) is 4.79 Å². The van der Waals surface area contributed by atoms with Crippen molar-refractivity contribution in [1.29, 1.82) is 0 Å². The predicted octanol–water partition coefficient (Wildman–Crippen LogP) is 3.72. The second kappa shape index (κ2) is 5.22. The quantitative estimate of drug-likeness (QED) is 0.747. The second-order valence-electron chi connectivity index (χ2n) is 4.08. The first-order chi connectivity index (χ1) is 9.70. The molecule has 0 radical (unpaired) electrons. The van der Waals surface area contributed by atoms with Crippen LogP contribution in [0.15, 0.2) is 34.3 Å². The van der Waals surface area contributed by atoms with E-state index < -0.39 is 0 Å². The minimum atomic E-state index is -0.157. The predicted molar refractivity (Wildman–Crippen MR) is 84.2 cm³/mol. The monoisotopic (exact) mass is 304 g/mol. The number of rotatable bonds is 4. The summed E-state index contributed by atoms with van der Waals surface area (Å²) in [5, 5.41) is 4.59. The second-order valence-corrected chi connectivity index (χ2v) is 5.88. The number of fused-ring (bicyclic) bond motifs is 1. The lowest BCUT2D eigenvalue weighted by molar-refractivity contribution is 0.296. The first-order valence-corrected chi connectivity index (χ1v) is 7.84. The Morgan fingerprint density at radius 1 is 1.50 bits per heavy atom. The molecule has 0 fully saturated rings. The number of H-pyrrole nitrogens is 1. The van der Waals surface area contributed by atoms with Crippen LogP contribution in [0.2, 0.25) is 0 Å². The number of thiophene rings is 2. The van der Waals surface area contributed by atoms with Crippen LogP contribution in [0.3, 0.4) is 0 Å². The molecule has 0 aliphatic rings. The maximum absolute atomic E-state index is 12.3. The van der Waals surface area contributed by atoms with Gasteiger partial charge >= 0.3 is 0 Å². The van der Waals surface area contributed by atoms with Gasteiger partial charge in [0.25, 0.3) is 5.56 Å². The summed E-state index contributed by atoms with van der Waals surface area (Å²) < 4.78 is 5.29. The largest absolute Gasteiger partial charge is 0.491 e. The Morgan fingerprint density at radius 3 is 3.05 bits per heavy atom. The topological polar surface area (TPSA) is 55.0 Å². The maximum Gasteiger partial charge on any atom is 0.260 e. The van der Waals surface area contributed by atoms with Gasteiger partial charge in [-0.1, -0.05) is 12.6 Å². The van der Waals surface area contributed by atoms with Crippen molar-refractivity contribution in [3.05, 3.63) is 45.7 Å². The Bertz CT molecular complexity index is 815. The summed E-state index contributed by atoms with van der Waals surface area (Å²) >= 11 is 3.06. The Balaban J connectivity index is 2.17. The van der Waals surface area contributed by atoms with Crippen LogP contribution in [0.4, 0.5) is 0 Å². The van der Waals surface area contributed by atoms with Gasteiger partial charge in [0.2, 0.25) is 0 Å². The molecule has 6 heteroatoms. The summed E-state index contributed by atoms with van der Waals surface area (Å²) in [6.07, 6.45) is 0. The fourth-order valence-electron chi connectivity index (χ4n) is 1.94. The molecule has 1 N–H and O–H groups in total. The van der Waals surface area contributed by atoms with Crippen LogP contribution in [0.1, 0.15) is 12.7 Å². The van der Waals surface area contributed by atoms with Crippen molar-refractivity contribution in [2.75, 3.05) is 6.61 Å². The van der Waals surface area contributed by atoms with E-state index in [4.69, 9.17) is 4.74 Å². The molecule has 3 heterocycles. The summed E-state index contributed by atoms with van der Waals surface area (Å²) in [6.45, 7) is 6.13. The van der Waals surface area contributed by atoms with Gasteiger partial charge < -0.3 is 9.72 Å². The van der Waals surface area contributed by atoms with Crippen molar-refractivity contribution < 1.29 is 4.74 Å². The highest BCUT2D eigenvalue weighted by atomic mass is 32.1. The number of ether oxygens (including phenoxy) is 1. The maximum atomic E-state index is 12.3. The van der Waals surface area contributed by atoms with Crippen molar-refractivity contribution in [3.8, 4) is 10.4 Å². The first kappa shape index (κ1) is 13.1. The zero-order valence-electron chi connectivity index (χ0n) is 10.8. The molecular weight excluding hydrogens is 292 g/mol. The van der Waals surface area contributed by atoms with E-state index in [-0.39, 0.29) is 5.56 Å². The molecule has 0 atom stereocenters. The molecule has 0 saturated carbocycles. The van der Waals surface area contributed by atoms with Gasteiger partial charge in [-0.2, -0.15) is 0 Å². The van der Waals surface area contributed by atoms with Gasteiger partial charge in [0.15, 0.2) is 11.6 Å². The van der Waals surface area contributed by atoms with Crippen LogP contribution in [0, 0.1) is 0 Å². The summed E-state index contributed by atoms with van der Waals surface area (Å²) in [4.78, 5) is 21.2. The van der Waals surface area contributed by atoms with Crippen LogP contribution in [-0.2, 0) is 4.74 Å². The van der Waals surface area contributed by atoms with E-state index in [2.05, 4.69) is 16.5 Å². The number of hydrogen-bond donors (Lipinski definition) is 1. The summed E-state index contributed by atoms with van der Waals surface area (Å²) in [5.41, 5.74) is 0.776. The zero-order valence-corrected chi connectivity index (χ0v) is 12.4. The molecule has 0 aliphatic heterocycles. The third kappa shape index (κ3) is 2.17. The summed E-state index contributed by atoms with van der Waals surface area (Å²) in [7, 11) is 0. The van der Waals surface area contributed by atoms with Gasteiger partial charge in [0.05, 0.1) is 12.0 Å². The number of aromatic nitrogens is 2. The van der Waals surface area contributed by atoms with Crippen molar-refractivity contribution >= 4 is 38.6 Å². The van der Waals surface area contributed by atoms with Crippen molar-refractivity contribution in [1.82, 2.24) is 9.97 Å². The molecule has 0 aromatic carbocycles. The molecule has 3 rings (SSSR count). The molecule has 0 unspecified atom stereocenters. The van der Waals surface area contributed by atoms with Crippen molar-refractivity contribution in [3.63, 3.8) is 0 Å². The lowest BCUT2D eigenvalue weighted by Crippen LogP contribution is -2.11. The highest BCUT2D eigenvalue weighted by Gasteiger charge is 2.14. The minimum Gasteiger partial charge on any atom is -0.491 e. The van der Waals surface area contributed by atoms with Gasteiger partial charge in [0.1, 0.15) is 4.83 Å². The van der Waals surface area contributed by atoms with E-state index in [0.29, 0.717) is 28.4 Å². The Morgan fingerprint density at radius 2 is 2.35 bits per heavy atom. The molecule has 20 heavy (non-hydrogen) atoms. The molecular formula is C14H12N2O2S2. The Kier molecular flexibility index (Phi) is 3.42. The van der Waals surface area contributed by atoms with Gasteiger partial charge in [-0.25, -0.2) is 4.98 Å². The van der Waals surface area contributed by atoms with E-state index in [1.165, 1.54) is 11.3 Å². The highest BCUT2D eigenvalue weighted by molar-refractivity contribution is 7.18. The van der Waals surface area contributed by atoms with E-state index in [0.717, 1.165) is 10.4 Å². The lowest BCUT2D eigenvalue weighted by Gasteiger charge is -2.05. The zero-order chi connectivity index (χ0) is 14.1. The SMILES string of the molecule is C=C(OCC)c1nc2scc(-c3cccs3)c2c(=O)[nH]1. The molecule has 3 aromatic rings. The number of hydrogen-bond acceptors (Lipinski definition) is 5. The smallest absolute Gasteiger partial charge is 0.260 e. The van der Waals surface area contributed by atoms with E-state index in [9.17, 15) is 4.79 Å². The van der Waals surface area contributed by atoms with Crippen molar-refractivity contribution in [2.45, 2.75) is 6.92 Å². The third-order valence-electron chi connectivity index (χ3n) is 2.81. The number of aromatic amines is 1. The van der Waals surface area contributed by atoms with Crippen LogP contribution >= 0.6 is 22.7 Å². The van der Waals surface area contributed by atoms with Crippen LogP contribution in [0.25, 0.3) is 26.4 Å². The molecule has 0 saturated heterocycles. The minimum absolute atomic E-state index is 0.157. The average molecular weight is 304 g/mol. The van der Waals surface area contributed by atoms with Crippen LogP contribution in [0.5, 0.6) is 0 Å². The van der Waals surface area contributed by atoms with E-state index in [1.807, 2.05) is 29.8 Å². The van der Waals surface area contributed by atoms with Gasteiger partial charge in [-0.05, 0) is 18.4 Å². The molecule has 0 bridgehead atoms. The molecule has 3 aromatic heterocycles. The van der Waals surface area contributed by atoms with Gasteiger partial charge in [0, 0.05) is 15.8 Å². The molecule has 0 aliphatic carbocycles. The lowest BCUT2D eigenvalue weighted by atomic mass is 10.2. The van der Waals surface area contributed by atoms with Gasteiger partial charge in [-0.15, -0.1) is 22.7 Å². The first-order valence-electron chi connectivity index (χ1n) is 6.08. The average Bonchev–Trinajstić information content (AvgIpc) is 3.07. The fourth-order valence-corrected chi connectivity index (χ4v) is 3.70. The fraction of sp³-hybridized carbons (Fsp3) is 0.143. The highest BCUT2D eigenvalue weighted by Crippen LogP contribution is 2.33. The normalized spacial score (nSPS) is 10.8. The third-order valence-corrected chi connectivity index (χ3v) is 4.59. The van der Waals surface area contributed by atoms with E-state index in [1.54, 1.807) is 11.3 Å². The molecule has 102 valence electrons. The Hall–Kier alpha value is -1.92. The number of nitrogens with zero attached hydrogens (tertiary/aromatic N) is 1.